The van der Waals surface area contributed by atoms with Gasteiger partial charge in [-0.1, -0.05) is 36.2 Å². The molecule has 1 atom stereocenters. The van der Waals surface area contributed by atoms with E-state index in [-0.39, 0.29) is 18.5 Å². The summed E-state index contributed by atoms with van der Waals surface area (Å²) < 4.78 is 78.8. The fourth-order valence-electron chi connectivity index (χ4n) is 4.15. The predicted octanol–water partition coefficient (Wildman–Crippen LogP) is 6.42. The summed E-state index contributed by atoms with van der Waals surface area (Å²) in [6.45, 7) is 4.85. The van der Waals surface area contributed by atoms with Crippen LogP contribution in [0.15, 0.2) is 42.5 Å². The average molecular weight is 486 g/mol. The van der Waals surface area contributed by atoms with Crippen LogP contribution in [0.5, 0.6) is 0 Å². The van der Waals surface area contributed by atoms with Gasteiger partial charge in [-0.25, -0.2) is 0 Å². The summed E-state index contributed by atoms with van der Waals surface area (Å²) in [7, 11) is 0. The Balaban J connectivity index is 1.77. The lowest BCUT2D eigenvalue weighted by molar-refractivity contribution is -0.143. The molecule has 9 heteroatoms. The maximum absolute atomic E-state index is 13.1. The third-order valence-electron chi connectivity index (χ3n) is 6.15. The summed E-state index contributed by atoms with van der Waals surface area (Å²) in [5.41, 5.74) is -1.66. The Hall–Kier alpha value is -2.55. The van der Waals surface area contributed by atoms with Crippen LogP contribution in [0, 0.1) is 6.92 Å². The van der Waals surface area contributed by atoms with Crippen molar-refractivity contribution in [1.82, 2.24) is 10.2 Å². The SMILES string of the molecule is Cc1ccc(C(CCN2CCCCC2)CNC(=O)c2cc(C(F)(F)F)cc(C(F)(F)F)c2)cc1. The second kappa shape index (κ2) is 10.8. The van der Waals surface area contributed by atoms with Crippen LogP contribution in [0.25, 0.3) is 0 Å². The highest BCUT2D eigenvalue weighted by Gasteiger charge is 2.37. The Labute approximate surface area is 195 Å². The van der Waals surface area contributed by atoms with Gasteiger partial charge in [0.15, 0.2) is 0 Å². The topological polar surface area (TPSA) is 32.3 Å². The molecule has 0 saturated carbocycles. The summed E-state index contributed by atoms with van der Waals surface area (Å²) >= 11 is 0. The van der Waals surface area contributed by atoms with Gasteiger partial charge in [0.25, 0.3) is 5.91 Å². The quantitative estimate of drug-likeness (QED) is 0.458. The third kappa shape index (κ3) is 7.22. The van der Waals surface area contributed by atoms with Gasteiger partial charge in [0, 0.05) is 18.0 Å². The van der Waals surface area contributed by atoms with Crippen LogP contribution in [-0.4, -0.2) is 37.0 Å². The zero-order valence-electron chi connectivity index (χ0n) is 18.9. The Morgan fingerprint density at radius 3 is 2.00 bits per heavy atom. The number of alkyl halides is 6. The number of nitrogens with zero attached hydrogens (tertiary/aromatic N) is 1. The van der Waals surface area contributed by atoms with E-state index in [2.05, 4.69) is 10.2 Å². The summed E-state index contributed by atoms with van der Waals surface area (Å²) in [6, 6.07) is 8.69. The molecule has 1 aliphatic rings. The van der Waals surface area contributed by atoms with E-state index in [9.17, 15) is 31.1 Å². The van der Waals surface area contributed by atoms with Gasteiger partial charge >= 0.3 is 12.4 Å². The van der Waals surface area contributed by atoms with Crippen molar-refractivity contribution < 1.29 is 31.1 Å². The van der Waals surface area contributed by atoms with E-state index in [1.54, 1.807) is 0 Å². The van der Waals surface area contributed by atoms with E-state index in [1.807, 2.05) is 31.2 Å². The molecule has 1 N–H and O–H groups in total. The van der Waals surface area contributed by atoms with Gasteiger partial charge in [-0.05, 0) is 69.6 Å². The Morgan fingerprint density at radius 2 is 1.47 bits per heavy atom. The second-order valence-electron chi connectivity index (χ2n) is 8.80. The molecule has 2 aromatic rings. The number of hydrogen-bond acceptors (Lipinski definition) is 2. The number of carbonyl (C=O) groups is 1. The van der Waals surface area contributed by atoms with Gasteiger partial charge in [-0.3, -0.25) is 4.79 Å². The van der Waals surface area contributed by atoms with Gasteiger partial charge in [0.05, 0.1) is 11.1 Å². The van der Waals surface area contributed by atoms with Crippen molar-refractivity contribution in [3.63, 3.8) is 0 Å². The molecule has 1 unspecified atom stereocenters. The van der Waals surface area contributed by atoms with Crippen LogP contribution in [0.4, 0.5) is 26.3 Å². The molecule has 1 fully saturated rings. The molecule has 186 valence electrons. The van der Waals surface area contributed by atoms with Crippen LogP contribution < -0.4 is 5.32 Å². The monoisotopic (exact) mass is 486 g/mol. The molecular weight excluding hydrogens is 458 g/mol. The number of halogens is 6. The number of rotatable bonds is 7. The zero-order chi connectivity index (χ0) is 24.9. The number of hydrogen-bond donors (Lipinski definition) is 1. The molecule has 1 saturated heterocycles. The third-order valence-corrected chi connectivity index (χ3v) is 6.15. The van der Waals surface area contributed by atoms with Gasteiger partial charge < -0.3 is 10.2 Å². The molecule has 3 rings (SSSR count). The van der Waals surface area contributed by atoms with E-state index in [0.29, 0.717) is 18.6 Å². The number of piperidine rings is 1. The zero-order valence-corrected chi connectivity index (χ0v) is 18.9. The van der Waals surface area contributed by atoms with E-state index in [1.165, 1.54) is 6.42 Å². The first-order valence-electron chi connectivity index (χ1n) is 11.3. The summed E-state index contributed by atoms with van der Waals surface area (Å²) in [5, 5.41) is 2.57. The molecule has 0 spiro atoms. The van der Waals surface area contributed by atoms with Crippen LogP contribution in [0.3, 0.4) is 0 Å². The fraction of sp³-hybridized carbons (Fsp3) is 0.480. The average Bonchev–Trinajstić information content (AvgIpc) is 2.79. The molecule has 3 nitrogen and oxygen atoms in total. The number of likely N-dealkylation sites (tertiary alicyclic amines) is 1. The molecule has 0 bridgehead atoms. The van der Waals surface area contributed by atoms with Crippen molar-refractivity contribution in [3.05, 3.63) is 70.3 Å². The van der Waals surface area contributed by atoms with Crippen LogP contribution >= 0.6 is 0 Å². The van der Waals surface area contributed by atoms with E-state index in [4.69, 9.17) is 0 Å². The molecule has 0 aliphatic carbocycles. The molecule has 1 heterocycles. The minimum absolute atomic E-state index is 0.0184. The van der Waals surface area contributed by atoms with E-state index < -0.39 is 35.0 Å². The lowest BCUT2D eigenvalue weighted by atomic mass is 9.94. The highest BCUT2D eigenvalue weighted by molar-refractivity contribution is 5.94. The van der Waals surface area contributed by atoms with Crippen molar-refractivity contribution in [1.29, 1.82) is 0 Å². The molecule has 2 aromatic carbocycles. The molecule has 0 radical (unpaired) electrons. The second-order valence-corrected chi connectivity index (χ2v) is 8.80. The molecular formula is C25H28F6N2O. The van der Waals surface area contributed by atoms with Crippen molar-refractivity contribution in [2.24, 2.45) is 0 Å². The van der Waals surface area contributed by atoms with Gasteiger partial charge in [0.1, 0.15) is 0 Å². The number of benzene rings is 2. The first-order chi connectivity index (χ1) is 15.9. The summed E-state index contributed by atoms with van der Waals surface area (Å²) in [5.74, 6) is -1.09. The first-order valence-corrected chi connectivity index (χ1v) is 11.3. The highest BCUT2D eigenvalue weighted by atomic mass is 19.4. The van der Waals surface area contributed by atoms with Gasteiger partial charge in [0.2, 0.25) is 0 Å². The summed E-state index contributed by atoms with van der Waals surface area (Å²) in [6.07, 6.45) is -5.85. The van der Waals surface area contributed by atoms with Crippen molar-refractivity contribution in [2.75, 3.05) is 26.2 Å². The van der Waals surface area contributed by atoms with Crippen molar-refractivity contribution >= 4 is 5.91 Å². The Morgan fingerprint density at radius 1 is 0.912 bits per heavy atom. The lowest BCUT2D eigenvalue weighted by Crippen LogP contribution is -2.34. The highest BCUT2D eigenvalue weighted by Crippen LogP contribution is 2.36. The normalized spacial score (nSPS) is 16.3. The lowest BCUT2D eigenvalue weighted by Gasteiger charge is -2.28. The molecule has 0 aromatic heterocycles. The number of aryl methyl sites for hydroxylation is 1. The van der Waals surface area contributed by atoms with Crippen molar-refractivity contribution in [2.45, 2.75) is 50.9 Å². The maximum atomic E-state index is 13.1. The minimum Gasteiger partial charge on any atom is -0.351 e. The van der Waals surface area contributed by atoms with Crippen LogP contribution in [0.2, 0.25) is 0 Å². The minimum atomic E-state index is -5.00. The summed E-state index contributed by atoms with van der Waals surface area (Å²) in [4.78, 5) is 15.0. The van der Waals surface area contributed by atoms with Gasteiger partial charge in [-0.2, -0.15) is 26.3 Å². The van der Waals surface area contributed by atoms with Crippen LogP contribution in [0.1, 0.15) is 64.2 Å². The number of amides is 1. The smallest absolute Gasteiger partial charge is 0.351 e. The Bertz CT molecular complexity index is 931. The number of nitrogens with one attached hydrogen (secondary N) is 1. The molecule has 1 amide bonds. The number of carbonyl (C=O) groups excluding carboxylic acids is 1. The van der Waals surface area contributed by atoms with Gasteiger partial charge in [-0.15, -0.1) is 0 Å². The first kappa shape index (κ1) is 26.1. The van der Waals surface area contributed by atoms with E-state index in [0.717, 1.165) is 43.6 Å². The van der Waals surface area contributed by atoms with E-state index >= 15 is 0 Å². The molecule has 34 heavy (non-hydrogen) atoms. The Kier molecular flexibility index (Phi) is 8.28. The predicted molar refractivity (Wildman–Crippen MR) is 118 cm³/mol. The largest absolute Gasteiger partial charge is 0.416 e. The van der Waals surface area contributed by atoms with Crippen LogP contribution in [-0.2, 0) is 12.4 Å². The maximum Gasteiger partial charge on any atom is 0.416 e. The fourth-order valence-corrected chi connectivity index (χ4v) is 4.15. The van der Waals surface area contributed by atoms with Crippen molar-refractivity contribution in [3.8, 4) is 0 Å². The standard InChI is InChI=1S/C25H28F6N2O/c1-17-5-7-18(8-6-17)19(9-12-33-10-3-2-4-11-33)16-32-23(34)20-13-21(24(26,27)28)15-22(14-20)25(29,30)31/h5-8,13-15,19H,2-4,9-12,16H2,1H3,(H,32,34). The molecule has 1 aliphatic heterocycles.